The minimum atomic E-state index is -4.33. The smallest absolute Gasteiger partial charge is 0.744 e. The molecule has 0 bridgehead atoms. The van der Waals surface area contributed by atoms with Crippen molar-refractivity contribution < 1.29 is 81.9 Å². The van der Waals surface area contributed by atoms with Gasteiger partial charge in [0.05, 0.1) is 4.90 Å². The molecule has 0 heterocycles. The van der Waals surface area contributed by atoms with Gasteiger partial charge in [-0.15, -0.1) is 0 Å². The van der Waals surface area contributed by atoms with E-state index in [1.165, 1.54) is 24.3 Å². The number of hydrogen-bond donors (Lipinski definition) is 0. The van der Waals surface area contributed by atoms with Gasteiger partial charge in [-0.1, -0.05) is 11.6 Å². The van der Waals surface area contributed by atoms with E-state index in [2.05, 4.69) is 0 Å². The first kappa shape index (κ1) is 13.5. The summed E-state index contributed by atoms with van der Waals surface area (Å²) in [5, 5.41) is 0.400. The summed E-state index contributed by atoms with van der Waals surface area (Å²) in [6.07, 6.45) is 0. The molecule has 0 unspecified atom stereocenters. The molecule has 0 fully saturated rings. The van der Waals surface area contributed by atoms with Crippen LogP contribution in [0.25, 0.3) is 0 Å². The number of hydrogen-bond acceptors (Lipinski definition) is 3. The van der Waals surface area contributed by atoms with Gasteiger partial charge in [0.25, 0.3) is 0 Å². The summed E-state index contributed by atoms with van der Waals surface area (Å²) in [5.41, 5.74) is 0. The van der Waals surface area contributed by atoms with E-state index < -0.39 is 10.1 Å². The van der Waals surface area contributed by atoms with Gasteiger partial charge in [0.2, 0.25) is 0 Å². The Balaban J connectivity index is 0.00000121. The zero-order valence-corrected chi connectivity index (χ0v) is 14.2. The van der Waals surface area contributed by atoms with Gasteiger partial charge in [0.1, 0.15) is 10.1 Å². The molecule has 12 heavy (non-hydrogen) atoms. The fourth-order valence-corrected chi connectivity index (χ4v) is 1.20. The van der Waals surface area contributed by atoms with Gasteiger partial charge in [0.15, 0.2) is 0 Å². The molecule has 0 radical (unpaired) electrons. The molecule has 0 saturated heterocycles. The molecule has 0 amide bonds. The number of rotatable bonds is 1. The maximum Gasteiger partial charge on any atom is 1.00 e. The van der Waals surface area contributed by atoms with Crippen molar-refractivity contribution in [3.05, 3.63) is 29.3 Å². The molecule has 60 valence electrons. The average Bonchev–Trinajstić information content (AvgIpc) is 1.86. The predicted molar refractivity (Wildman–Crippen MR) is 39.4 cm³/mol. The van der Waals surface area contributed by atoms with E-state index in [1.807, 2.05) is 0 Å². The van der Waals surface area contributed by atoms with Crippen molar-refractivity contribution in [3.63, 3.8) is 0 Å². The van der Waals surface area contributed by atoms with Crippen LogP contribution in [0.5, 0.6) is 0 Å². The minimum absolute atomic E-state index is 0. The van der Waals surface area contributed by atoms with Crippen molar-refractivity contribution in [2.24, 2.45) is 0 Å². The van der Waals surface area contributed by atoms with E-state index in [9.17, 15) is 13.0 Å². The van der Waals surface area contributed by atoms with Crippen LogP contribution >= 0.6 is 11.6 Å². The second kappa shape index (κ2) is 5.38. The zero-order chi connectivity index (χ0) is 8.48. The molecule has 6 heteroatoms. The van der Waals surface area contributed by atoms with E-state index in [-0.39, 0.29) is 73.8 Å². The fourth-order valence-electron chi connectivity index (χ4n) is 0.601. The number of halogens is 1. The van der Waals surface area contributed by atoms with Crippen molar-refractivity contribution in [2.45, 2.75) is 4.90 Å². The van der Waals surface area contributed by atoms with E-state index >= 15 is 0 Å². The van der Waals surface area contributed by atoms with E-state index in [0.717, 1.165) is 0 Å². The molecule has 0 spiro atoms. The van der Waals surface area contributed by atoms with E-state index in [4.69, 9.17) is 11.6 Å². The molecule has 0 N–H and O–H groups in total. The first-order valence-electron chi connectivity index (χ1n) is 2.71. The Bertz CT molecular complexity index is 346. The molecule has 1 aromatic carbocycles. The molecule has 0 saturated carbocycles. The molecule has 0 atom stereocenters. The average molecular weight is 325 g/mol. The monoisotopic (exact) mass is 324 g/mol. The van der Waals surface area contributed by atoms with Gasteiger partial charge in [-0.2, -0.15) is 0 Å². The Labute approximate surface area is 135 Å². The van der Waals surface area contributed by atoms with Gasteiger partial charge in [0, 0.05) is 5.02 Å². The second-order valence-electron chi connectivity index (χ2n) is 1.91. The van der Waals surface area contributed by atoms with Crippen LogP contribution in [0.1, 0.15) is 0 Å². The molecule has 1 aromatic rings. The van der Waals surface area contributed by atoms with Crippen molar-refractivity contribution in [2.75, 3.05) is 0 Å². The second-order valence-corrected chi connectivity index (χ2v) is 3.72. The summed E-state index contributed by atoms with van der Waals surface area (Å²) in [6, 6.07) is 5.05. The molecule has 0 aromatic heterocycles. The maximum atomic E-state index is 10.3. The number of benzene rings is 1. The summed E-state index contributed by atoms with van der Waals surface area (Å²) >= 11 is 5.46. The summed E-state index contributed by atoms with van der Waals surface area (Å²) in [6.45, 7) is 0. The third-order valence-corrected chi connectivity index (χ3v) is 2.20. The molecule has 0 aliphatic heterocycles. The molecular formula is C6H4ClCsO3S. The fraction of sp³-hybridized carbons (Fsp3) is 0. The molecular weight excluding hydrogens is 320 g/mol. The SMILES string of the molecule is O=S(=O)([O-])c1ccc(Cl)cc1.[Cs+]. The van der Waals surface area contributed by atoms with Gasteiger partial charge >= 0.3 is 68.9 Å². The summed E-state index contributed by atoms with van der Waals surface area (Å²) in [4.78, 5) is -0.262. The van der Waals surface area contributed by atoms with Crippen molar-refractivity contribution >= 4 is 21.7 Å². The molecule has 0 aliphatic carbocycles. The van der Waals surface area contributed by atoms with Gasteiger partial charge < -0.3 is 4.55 Å². The first-order valence-corrected chi connectivity index (χ1v) is 4.50. The third kappa shape index (κ3) is 4.12. The largest absolute Gasteiger partial charge is 1.00 e. The Morgan fingerprint density at radius 1 is 1.17 bits per heavy atom. The van der Waals surface area contributed by atoms with E-state index in [1.54, 1.807) is 0 Å². The Hall–Kier alpha value is 1.47. The standard InChI is InChI=1S/C6H5ClO3S.Cs/c7-5-1-3-6(4-2-5)11(8,9)10;/h1-4H,(H,8,9,10);/q;+1/p-1. The molecule has 0 aliphatic rings. The van der Waals surface area contributed by atoms with Gasteiger partial charge in [-0.3, -0.25) is 0 Å². The van der Waals surface area contributed by atoms with Crippen LogP contribution < -0.4 is 68.9 Å². The van der Waals surface area contributed by atoms with E-state index in [0.29, 0.717) is 5.02 Å². The van der Waals surface area contributed by atoms with Crippen LogP contribution in [0.4, 0.5) is 0 Å². The normalized spacial score (nSPS) is 10.5. The Morgan fingerprint density at radius 3 is 1.92 bits per heavy atom. The first-order chi connectivity index (χ1) is 5.00. The minimum Gasteiger partial charge on any atom is -0.744 e. The van der Waals surface area contributed by atoms with Crippen LogP contribution in [0.15, 0.2) is 29.2 Å². The van der Waals surface area contributed by atoms with Crippen LogP contribution in [0, 0.1) is 0 Å². The predicted octanol–water partition coefficient (Wildman–Crippen LogP) is -1.75. The molecule has 3 nitrogen and oxygen atoms in total. The maximum absolute atomic E-state index is 10.3. The summed E-state index contributed by atoms with van der Waals surface area (Å²) in [5.74, 6) is 0. The van der Waals surface area contributed by atoms with Crippen molar-refractivity contribution in [1.29, 1.82) is 0 Å². The summed E-state index contributed by atoms with van der Waals surface area (Å²) in [7, 11) is -4.33. The Morgan fingerprint density at radius 2 is 1.58 bits per heavy atom. The molecule has 1 rings (SSSR count). The quantitative estimate of drug-likeness (QED) is 0.576. The topological polar surface area (TPSA) is 57.2 Å². The van der Waals surface area contributed by atoms with Gasteiger partial charge in [-0.05, 0) is 24.3 Å². The van der Waals surface area contributed by atoms with Gasteiger partial charge in [-0.25, -0.2) is 8.42 Å². The third-order valence-electron chi connectivity index (χ3n) is 1.10. The zero-order valence-electron chi connectivity index (χ0n) is 6.32. The Kier molecular flexibility index (Phi) is 6.04. The van der Waals surface area contributed by atoms with Crippen molar-refractivity contribution in [3.8, 4) is 0 Å². The van der Waals surface area contributed by atoms with Crippen LogP contribution in [0.2, 0.25) is 5.02 Å². The van der Waals surface area contributed by atoms with Crippen LogP contribution in [0.3, 0.4) is 0 Å². The van der Waals surface area contributed by atoms with Crippen molar-refractivity contribution in [1.82, 2.24) is 0 Å². The van der Waals surface area contributed by atoms with Crippen LogP contribution in [-0.2, 0) is 10.1 Å². The summed E-state index contributed by atoms with van der Waals surface area (Å²) < 4.78 is 31.0. The van der Waals surface area contributed by atoms with Crippen LogP contribution in [-0.4, -0.2) is 13.0 Å².